The van der Waals surface area contributed by atoms with Crippen molar-refractivity contribution in [3.8, 4) is 0 Å². The zero-order valence-corrected chi connectivity index (χ0v) is 10.7. The van der Waals surface area contributed by atoms with Gasteiger partial charge in [0.25, 0.3) is 0 Å². The molecule has 2 aliphatic rings. The fourth-order valence-corrected chi connectivity index (χ4v) is 3.61. The third-order valence-electron chi connectivity index (χ3n) is 3.57. The largest absolute Gasteiger partial charge is 0.313 e. The van der Waals surface area contributed by atoms with Crippen LogP contribution in [0.3, 0.4) is 0 Å². The molecule has 0 bridgehead atoms. The van der Waals surface area contributed by atoms with Gasteiger partial charge >= 0.3 is 0 Å². The average molecular weight is 246 g/mol. The third kappa shape index (κ3) is 3.71. The van der Waals surface area contributed by atoms with Gasteiger partial charge in [0.1, 0.15) is 0 Å². The molecule has 2 fully saturated rings. The van der Waals surface area contributed by atoms with Crippen molar-refractivity contribution in [3.05, 3.63) is 0 Å². The lowest BCUT2D eigenvalue weighted by molar-refractivity contribution is 0.475. The molecule has 0 aromatic heterocycles. The molecule has 0 spiro atoms. The molecule has 0 saturated heterocycles. The van der Waals surface area contributed by atoms with Crippen LogP contribution in [0.15, 0.2) is 0 Å². The Morgan fingerprint density at radius 1 is 1.19 bits per heavy atom. The van der Waals surface area contributed by atoms with Crippen LogP contribution in [0.5, 0.6) is 0 Å². The third-order valence-corrected chi connectivity index (χ3v) is 4.98. The summed E-state index contributed by atoms with van der Waals surface area (Å²) in [5.41, 5.74) is 0. The number of hydrogen-bond donors (Lipinski definition) is 2. The normalized spacial score (nSPS) is 30.8. The number of hydrogen-bond acceptors (Lipinski definition) is 3. The van der Waals surface area contributed by atoms with E-state index >= 15 is 0 Å². The molecule has 94 valence electrons. The fourth-order valence-electron chi connectivity index (χ4n) is 2.29. The summed E-state index contributed by atoms with van der Waals surface area (Å²) in [6.07, 6.45) is 5.69. The van der Waals surface area contributed by atoms with Crippen molar-refractivity contribution >= 4 is 10.0 Å². The lowest BCUT2D eigenvalue weighted by atomic mass is 10.1. The van der Waals surface area contributed by atoms with E-state index in [1.807, 2.05) is 0 Å². The van der Waals surface area contributed by atoms with Crippen LogP contribution in [-0.4, -0.2) is 32.8 Å². The van der Waals surface area contributed by atoms with Crippen LogP contribution < -0.4 is 10.0 Å². The summed E-state index contributed by atoms with van der Waals surface area (Å²) in [5, 5.41) is 3.23. The van der Waals surface area contributed by atoms with E-state index in [9.17, 15) is 8.42 Å². The summed E-state index contributed by atoms with van der Waals surface area (Å²) in [4.78, 5) is 0. The Bertz CT molecular complexity index is 325. The van der Waals surface area contributed by atoms with E-state index in [0.29, 0.717) is 18.5 Å². The lowest BCUT2D eigenvalue weighted by Crippen LogP contribution is -2.40. The van der Waals surface area contributed by atoms with Crippen molar-refractivity contribution in [1.82, 2.24) is 10.0 Å². The van der Waals surface area contributed by atoms with Gasteiger partial charge in [-0.3, -0.25) is 0 Å². The van der Waals surface area contributed by atoms with Gasteiger partial charge in [0.05, 0.1) is 5.75 Å². The van der Waals surface area contributed by atoms with Crippen LogP contribution in [0.4, 0.5) is 0 Å². The van der Waals surface area contributed by atoms with E-state index in [2.05, 4.69) is 17.0 Å². The highest BCUT2D eigenvalue weighted by atomic mass is 32.2. The molecule has 0 aromatic rings. The first-order valence-electron chi connectivity index (χ1n) is 6.30. The van der Waals surface area contributed by atoms with E-state index in [1.54, 1.807) is 0 Å². The minimum absolute atomic E-state index is 0.172. The molecule has 2 aliphatic carbocycles. The fraction of sp³-hybridized carbons (Fsp3) is 1.00. The predicted molar refractivity (Wildman–Crippen MR) is 64.8 cm³/mol. The average Bonchev–Trinajstić information content (AvgIpc) is 2.92. The van der Waals surface area contributed by atoms with Gasteiger partial charge in [-0.15, -0.1) is 0 Å². The molecule has 5 heteroatoms. The van der Waals surface area contributed by atoms with Crippen molar-refractivity contribution in [1.29, 1.82) is 0 Å². The smallest absolute Gasteiger partial charge is 0.213 e. The summed E-state index contributed by atoms with van der Waals surface area (Å²) in [7, 11) is -3.08. The van der Waals surface area contributed by atoms with Crippen molar-refractivity contribution in [2.45, 2.75) is 51.1 Å². The van der Waals surface area contributed by atoms with Crippen molar-refractivity contribution in [2.75, 3.05) is 12.3 Å². The van der Waals surface area contributed by atoms with E-state index in [-0.39, 0.29) is 11.8 Å². The summed E-state index contributed by atoms with van der Waals surface area (Å²) in [6, 6.07) is 0.756. The molecule has 0 heterocycles. The second-order valence-corrected chi connectivity index (χ2v) is 7.05. The molecule has 16 heavy (non-hydrogen) atoms. The van der Waals surface area contributed by atoms with Crippen LogP contribution in [0.1, 0.15) is 39.0 Å². The Morgan fingerprint density at radius 2 is 1.94 bits per heavy atom. The number of rotatable bonds is 6. The van der Waals surface area contributed by atoms with Crippen LogP contribution >= 0.6 is 0 Å². The molecule has 2 atom stereocenters. The summed E-state index contributed by atoms with van der Waals surface area (Å²) < 4.78 is 26.4. The second-order valence-electron chi connectivity index (χ2n) is 5.18. The first-order chi connectivity index (χ1) is 7.57. The zero-order valence-electron chi connectivity index (χ0n) is 9.91. The highest BCUT2D eigenvalue weighted by Gasteiger charge is 2.27. The summed E-state index contributed by atoms with van der Waals surface area (Å²) in [6.45, 7) is 2.71. The topological polar surface area (TPSA) is 58.2 Å². The molecule has 4 nitrogen and oxygen atoms in total. The zero-order chi connectivity index (χ0) is 11.6. The van der Waals surface area contributed by atoms with E-state index in [1.165, 1.54) is 12.8 Å². The second kappa shape index (κ2) is 5.02. The molecule has 0 radical (unpaired) electrons. The highest BCUT2D eigenvalue weighted by molar-refractivity contribution is 7.89. The molecule has 2 N–H and O–H groups in total. The monoisotopic (exact) mass is 246 g/mol. The van der Waals surface area contributed by atoms with Crippen LogP contribution in [0.2, 0.25) is 0 Å². The maximum atomic E-state index is 11.8. The Kier molecular flexibility index (Phi) is 3.87. The molecule has 0 aliphatic heterocycles. The number of sulfonamides is 1. The first kappa shape index (κ1) is 12.3. The maximum absolute atomic E-state index is 11.8. The molecule has 0 aromatic carbocycles. The van der Waals surface area contributed by atoms with Gasteiger partial charge in [-0.2, -0.15) is 0 Å². The van der Waals surface area contributed by atoms with Gasteiger partial charge < -0.3 is 5.32 Å². The standard InChI is InChI=1S/C11H22N2O2S/c1-9-3-2-4-11(9)13-16(14,15)8-7-12-10-5-6-10/h9-13H,2-8H2,1H3. The lowest BCUT2D eigenvalue weighted by Gasteiger charge is -2.17. The highest BCUT2D eigenvalue weighted by Crippen LogP contribution is 2.25. The van der Waals surface area contributed by atoms with Crippen LogP contribution in [0.25, 0.3) is 0 Å². The predicted octanol–water partition coefficient (Wildman–Crippen LogP) is 0.846. The first-order valence-corrected chi connectivity index (χ1v) is 7.95. The quantitative estimate of drug-likeness (QED) is 0.730. The molecule has 2 unspecified atom stereocenters. The van der Waals surface area contributed by atoms with Gasteiger partial charge in [0.15, 0.2) is 0 Å². The maximum Gasteiger partial charge on any atom is 0.213 e. The van der Waals surface area contributed by atoms with Gasteiger partial charge in [-0.25, -0.2) is 13.1 Å². The summed E-state index contributed by atoms with van der Waals surface area (Å²) >= 11 is 0. The van der Waals surface area contributed by atoms with E-state index in [0.717, 1.165) is 19.3 Å². The Hall–Kier alpha value is -0.130. The molecular weight excluding hydrogens is 224 g/mol. The van der Waals surface area contributed by atoms with Crippen LogP contribution in [0, 0.1) is 5.92 Å². The van der Waals surface area contributed by atoms with E-state index < -0.39 is 10.0 Å². The van der Waals surface area contributed by atoms with E-state index in [4.69, 9.17) is 0 Å². The molecule has 2 saturated carbocycles. The van der Waals surface area contributed by atoms with Gasteiger partial charge in [0, 0.05) is 18.6 Å². The minimum Gasteiger partial charge on any atom is -0.313 e. The van der Waals surface area contributed by atoms with Crippen molar-refractivity contribution < 1.29 is 8.42 Å². The van der Waals surface area contributed by atoms with Crippen molar-refractivity contribution in [3.63, 3.8) is 0 Å². The Labute approximate surface area is 98.2 Å². The molecule has 0 amide bonds. The SMILES string of the molecule is CC1CCCC1NS(=O)(=O)CCNC1CC1. The van der Waals surface area contributed by atoms with Crippen LogP contribution in [-0.2, 0) is 10.0 Å². The van der Waals surface area contributed by atoms with Crippen molar-refractivity contribution in [2.24, 2.45) is 5.92 Å². The van der Waals surface area contributed by atoms with Gasteiger partial charge in [0.2, 0.25) is 10.0 Å². The molecule has 2 rings (SSSR count). The Morgan fingerprint density at radius 3 is 2.50 bits per heavy atom. The minimum atomic E-state index is -3.08. The molecular formula is C11H22N2O2S. The van der Waals surface area contributed by atoms with Gasteiger partial charge in [-0.1, -0.05) is 13.3 Å². The van der Waals surface area contributed by atoms with Gasteiger partial charge in [-0.05, 0) is 31.6 Å². The number of nitrogens with one attached hydrogen (secondary N) is 2. The Balaban J connectivity index is 1.72. The summed E-state index contributed by atoms with van der Waals surface area (Å²) in [5.74, 6) is 0.707.